The Bertz CT molecular complexity index is 511. The van der Waals surface area contributed by atoms with Crippen LogP contribution in [0, 0.1) is 0 Å². The van der Waals surface area contributed by atoms with Gasteiger partial charge in [-0.15, -0.1) is 0 Å². The predicted octanol–water partition coefficient (Wildman–Crippen LogP) is 3.78. The number of hydrogen-bond donors (Lipinski definition) is 2. The molecule has 15 heavy (non-hydrogen) atoms. The summed E-state index contributed by atoms with van der Waals surface area (Å²) in [6.45, 7) is 3.92. The molecule has 1 aromatic heterocycles. The van der Waals surface area contributed by atoms with Crippen LogP contribution in [0.3, 0.4) is 0 Å². The lowest BCUT2D eigenvalue weighted by molar-refractivity contribution is 0.537. The van der Waals surface area contributed by atoms with Gasteiger partial charge in [0.1, 0.15) is 0 Å². The molecule has 1 aromatic carbocycles. The van der Waals surface area contributed by atoms with Crippen LogP contribution >= 0.6 is 27.5 Å². The first kappa shape index (κ1) is 11.0. The summed E-state index contributed by atoms with van der Waals surface area (Å²) >= 11 is 9.50. The zero-order valence-electron chi connectivity index (χ0n) is 8.57. The fourth-order valence-corrected chi connectivity index (χ4v) is 2.69. The third kappa shape index (κ3) is 1.92. The molecule has 2 aromatic rings. The summed E-state index contributed by atoms with van der Waals surface area (Å²) in [4.78, 5) is 3.30. The van der Waals surface area contributed by atoms with Crippen LogP contribution in [0.5, 0.6) is 0 Å². The second kappa shape index (κ2) is 3.51. The Morgan fingerprint density at radius 2 is 2.07 bits per heavy atom. The van der Waals surface area contributed by atoms with Crippen LogP contribution in [0.4, 0.5) is 0 Å². The average Bonchev–Trinajstić information content (AvgIpc) is 2.43. The van der Waals surface area contributed by atoms with E-state index in [-0.39, 0.29) is 0 Å². The van der Waals surface area contributed by atoms with Crippen molar-refractivity contribution in [2.75, 3.05) is 0 Å². The lowest BCUT2D eigenvalue weighted by Gasteiger charge is -2.17. The zero-order valence-corrected chi connectivity index (χ0v) is 10.9. The average molecular weight is 288 g/mol. The van der Waals surface area contributed by atoms with E-state index in [0.29, 0.717) is 0 Å². The second-order valence-corrected chi connectivity index (χ2v) is 5.46. The summed E-state index contributed by atoms with van der Waals surface area (Å²) in [5.41, 5.74) is 7.69. The predicted molar refractivity (Wildman–Crippen MR) is 68.2 cm³/mol. The van der Waals surface area contributed by atoms with Gasteiger partial charge in [-0.2, -0.15) is 0 Å². The van der Waals surface area contributed by atoms with Crippen molar-refractivity contribution in [2.45, 2.75) is 19.4 Å². The maximum Gasteiger partial charge on any atom is 0.0516 e. The normalized spacial score (nSPS) is 12.3. The summed E-state index contributed by atoms with van der Waals surface area (Å²) in [6.07, 6.45) is 0. The third-order valence-corrected chi connectivity index (χ3v) is 3.40. The van der Waals surface area contributed by atoms with E-state index in [9.17, 15) is 0 Å². The van der Waals surface area contributed by atoms with Gasteiger partial charge in [-0.1, -0.05) is 11.6 Å². The van der Waals surface area contributed by atoms with Crippen molar-refractivity contribution in [1.29, 1.82) is 0 Å². The summed E-state index contributed by atoms with van der Waals surface area (Å²) in [5, 5.41) is 1.79. The van der Waals surface area contributed by atoms with Gasteiger partial charge >= 0.3 is 0 Å². The molecule has 0 aliphatic carbocycles. The van der Waals surface area contributed by atoms with Gasteiger partial charge in [0, 0.05) is 26.1 Å². The molecule has 0 spiro atoms. The fourth-order valence-electron chi connectivity index (χ4n) is 1.58. The van der Waals surface area contributed by atoms with Crippen molar-refractivity contribution in [1.82, 2.24) is 4.98 Å². The number of benzene rings is 1. The largest absolute Gasteiger partial charge is 0.356 e. The van der Waals surface area contributed by atoms with E-state index in [4.69, 9.17) is 17.3 Å². The van der Waals surface area contributed by atoms with Crippen LogP contribution in [0.15, 0.2) is 22.7 Å². The molecular weight excluding hydrogens is 275 g/mol. The van der Waals surface area contributed by atoms with Crippen molar-refractivity contribution in [3.8, 4) is 0 Å². The Hall–Kier alpha value is -0.510. The van der Waals surface area contributed by atoms with E-state index < -0.39 is 5.54 Å². The highest BCUT2D eigenvalue weighted by Crippen LogP contribution is 2.34. The molecule has 0 aliphatic rings. The fraction of sp³-hybridized carbons (Fsp3) is 0.273. The zero-order chi connectivity index (χ0) is 11.2. The Morgan fingerprint density at radius 1 is 1.40 bits per heavy atom. The number of nitrogens with two attached hydrogens (primary N) is 1. The van der Waals surface area contributed by atoms with Gasteiger partial charge in [0.25, 0.3) is 0 Å². The van der Waals surface area contributed by atoms with Gasteiger partial charge in [-0.05, 0) is 48.0 Å². The minimum Gasteiger partial charge on any atom is -0.356 e. The van der Waals surface area contributed by atoms with Crippen molar-refractivity contribution in [3.63, 3.8) is 0 Å². The molecule has 0 unspecified atom stereocenters. The van der Waals surface area contributed by atoms with E-state index in [1.165, 1.54) is 0 Å². The number of halogens is 2. The number of hydrogen-bond acceptors (Lipinski definition) is 1. The molecular formula is C11H12BrClN2. The van der Waals surface area contributed by atoms with Gasteiger partial charge in [0.15, 0.2) is 0 Å². The van der Waals surface area contributed by atoms with Gasteiger partial charge in [-0.3, -0.25) is 0 Å². The molecule has 0 amide bonds. The molecule has 0 radical (unpaired) electrons. The maximum atomic E-state index is 6.07. The Morgan fingerprint density at radius 3 is 2.67 bits per heavy atom. The smallest absolute Gasteiger partial charge is 0.0516 e. The van der Waals surface area contributed by atoms with Crippen molar-refractivity contribution < 1.29 is 0 Å². The summed E-state index contributed by atoms with van der Waals surface area (Å²) < 4.78 is 0.993. The highest BCUT2D eigenvalue weighted by Gasteiger charge is 2.21. The first-order chi connectivity index (χ1) is 6.89. The van der Waals surface area contributed by atoms with Gasteiger partial charge in [0.2, 0.25) is 0 Å². The topological polar surface area (TPSA) is 41.8 Å². The minimum atomic E-state index is -0.398. The quantitative estimate of drug-likeness (QED) is 0.823. The Kier molecular flexibility index (Phi) is 2.57. The lowest BCUT2D eigenvalue weighted by atomic mass is 10.0. The number of nitrogens with one attached hydrogen (secondary N) is 1. The van der Waals surface area contributed by atoms with Crippen LogP contribution < -0.4 is 5.73 Å². The van der Waals surface area contributed by atoms with Crippen LogP contribution in [0.25, 0.3) is 10.9 Å². The van der Waals surface area contributed by atoms with Gasteiger partial charge < -0.3 is 10.7 Å². The molecule has 1 heterocycles. The van der Waals surface area contributed by atoms with Crippen LogP contribution in [0.1, 0.15) is 19.5 Å². The lowest BCUT2D eigenvalue weighted by Crippen LogP contribution is -2.29. The van der Waals surface area contributed by atoms with Crippen molar-refractivity contribution in [2.24, 2.45) is 5.73 Å². The molecule has 0 aliphatic heterocycles. The van der Waals surface area contributed by atoms with Crippen LogP contribution in [0.2, 0.25) is 5.02 Å². The number of H-pyrrole nitrogens is 1. The number of aromatic amines is 1. The Labute approximate surface area is 102 Å². The molecule has 2 rings (SSSR count). The molecule has 0 saturated heterocycles. The highest BCUT2D eigenvalue weighted by molar-refractivity contribution is 9.10. The summed E-state index contributed by atoms with van der Waals surface area (Å²) in [5.74, 6) is 0. The minimum absolute atomic E-state index is 0.398. The SMILES string of the molecule is CC(C)(N)c1[nH]c2ccc(Cl)cc2c1Br. The molecule has 0 bridgehead atoms. The second-order valence-electron chi connectivity index (χ2n) is 4.23. The molecule has 4 heteroatoms. The monoisotopic (exact) mass is 286 g/mol. The molecule has 2 nitrogen and oxygen atoms in total. The van der Waals surface area contributed by atoms with E-state index in [1.807, 2.05) is 32.0 Å². The Balaban J connectivity index is 2.76. The van der Waals surface area contributed by atoms with Crippen molar-refractivity contribution >= 4 is 38.4 Å². The molecule has 0 atom stereocenters. The van der Waals surface area contributed by atoms with E-state index in [2.05, 4.69) is 20.9 Å². The molecule has 3 N–H and O–H groups in total. The number of rotatable bonds is 1. The number of aromatic nitrogens is 1. The molecule has 0 fully saturated rings. The number of fused-ring (bicyclic) bond motifs is 1. The molecule has 80 valence electrons. The van der Waals surface area contributed by atoms with Crippen molar-refractivity contribution in [3.05, 3.63) is 33.4 Å². The first-order valence-corrected chi connectivity index (χ1v) is 5.83. The summed E-state index contributed by atoms with van der Waals surface area (Å²) in [7, 11) is 0. The third-order valence-electron chi connectivity index (χ3n) is 2.34. The van der Waals surface area contributed by atoms with Gasteiger partial charge in [-0.25, -0.2) is 0 Å². The first-order valence-electron chi connectivity index (χ1n) is 4.65. The van der Waals surface area contributed by atoms with Crippen LogP contribution in [-0.4, -0.2) is 4.98 Å². The maximum absolute atomic E-state index is 6.07. The van der Waals surface area contributed by atoms with E-state index in [0.717, 1.165) is 26.1 Å². The molecule has 0 saturated carbocycles. The standard InChI is InChI=1S/C11H12BrClN2/c1-11(2,14)10-9(12)7-5-6(13)3-4-8(7)15-10/h3-5,15H,14H2,1-2H3. The van der Waals surface area contributed by atoms with E-state index in [1.54, 1.807) is 0 Å². The van der Waals surface area contributed by atoms with Gasteiger partial charge in [0.05, 0.1) is 5.54 Å². The van der Waals surface area contributed by atoms with E-state index >= 15 is 0 Å². The summed E-state index contributed by atoms with van der Waals surface area (Å²) in [6, 6.07) is 5.74. The van der Waals surface area contributed by atoms with Crippen LogP contribution in [-0.2, 0) is 5.54 Å². The highest BCUT2D eigenvalue weighted by atomic mass is 79.9.